The normalized spacial score (nSPS) is 11.1. The monoisotopic (exact) mass is 846 g/mol. The van der Waals surface area contributed by atoms with Gasteiger partial charge in [0.05, 0.1) is 0 Å². The summed E-state index contributed by atoms with van der Waals surface area (Å²) in [6.45, 7) is 12.9. The SMILES string of the molecule is Cc1ccc(P(c2ccc(C)cc2)c2ccc(C)cc2)cc1.Cc1ccc(P(c2ccc(C)cc2)c2ccc(C)cc2)cc1.FC(F)(F)c1cc[c]([Ni][Cl])cc1. The van der Waals surface area contributed by atoms with Gasteiger partial charge in [-0.25, -0.2) is 0 Å². The molecule has 0 aliphatic carbocycles. The van der Waals surface area contributed by atoms with Crippen LogP contribution >= 0.6 is 26.0 Å². The van der Waals surface area contributed by atoms with Crippen LogP contribution in [0.3, 0.4) is 0 Å². The van der Waals surface area contributed by atoms with Crippen molar-refractivity contribution in [3.8, 4) is 0 Å². The van der Waals surface area contributed by atoms with E-state index in [0.29, 0.717) is 4.53 Å². The average Bonchev–Trinajstić information content (AvgIpc) is 3.19. The summed E-state index contributed by atoms with van der Waals surface area (Å²) in [5.41, 5.74) is 7.22. The Balaban J connectivity index is 0.000000168. The summed E-state index contributed by atoms with van der Waals surface area (Å²) in [7, 11) is 4.38. The summed E-state index contributed by atoms with van der Waals surface area (Å²) in [6.07, 6.45) is -4.27. The Bertz CT molecular complexity index is 1880. The minimum atomic E-state index is -4.27. The molecule has 7 aromatic carbocycles. The third-order valence-electron chi connectivity index (χ3n) is 8.97. The fourth-order valence-corrected chi connectivity index (χ4v) is 10.8. The number of benzene rings is 7. The number of hydrogen-bond acceptors (Lipinski definition) is 0. The van der Waals surface area contributed by atoms with E-state index in [2.05, 4.69) is 187 Å². The van der Waals surface area contributed by atoms with Crippen LogP contribution < -0.4 is 36.4 Å². The molecule has 7 aromatic rings. The van der Waals surface area contributed by atoms with Gasteiger partial charge in [-0.3, -0.25) is 0 Å². The molecule has 0 bridgehead atoms. The molecule has 7 heteroatoms. The van der Waals surface area contributed by atoms with E-state index < -0.39 is 27.6 Å². The first-order chi connectivity index (χ1) is 26.8. The number of halogens is 4. The van der Waals surface area contributed by atoms with Gasteiger partial charge in [-0.1, -0.05) is 179 Å². The molecule has 0 saturated carbocycles. The Morgan fingerprint density at radius 2 is 0.536 bits per heavy atom. The van der Waals surface area contributed by atoms with Crippen LogP contribution in [0, 0.1) is 41.5 Å². The van der Waals surface area contributed by atoms with E-state index in [9.17, 15) is 13.2 Å². The molecule has 0 fully saturated rings. The molecular formula is C49H46ClF3NiP2. The van der Waals surface area contributed by atoms with Crippen molar-refractivity contribution in [2.24, 2.45) is 0 Å². The third-order valence-corrected chi connectivity index (χ3v) is 15.0. The molecule has 0 amide bonds. The minimum absolute atomic E-state index is 0.483. The van der Waals surface area contributed by atoms with Gasteiger partial charge in [-0.05, 0) is 89.2 Å². The Morgan fingerprint density at radius 3 is 0.696 bits per heavy atom. The van der Waals surface area contributed by atoms with Crippen molar-refractivity contribution >= 4 is 62.4 Å². The summed E-state index contributed by atoms with van der Waals surface area (Å²) in [4.78, 5) is 0. The second-order valence-electron chi connectivity index (χ2n) is 13.7. The molecule has 0 aliphatic heterocycles. The van der Waals surface area contributed by atoms with Crippen LogP contribution in [0.2, 0.25) is 0 Å². The van der Waals surface area contributed by atoms with E-state index in [0.717, 1.165) is 25.7 Å². The van der Waals surface area contributed by atoms with Crippen LogP contribution in [-0.2, 0) is 19.7 Å². The summed E-state index contributed by atoms with van der Waals surface area (Å²) >= 11 is 0.728. The molecule has 0 spiro atoms. The van der Waals surface area contributed by atoms with Crippen molar-refractivity contribution in [1.82, 2.24) is 0 Å². The predicted molar refractivity (Wildman–Crippen MR) is 236 cm³/mol. The third kappa shape index (κ3) is 12.5. The second kappa shape index (κ2) is 20.4. The first-order valence-electron chi connectivity index (χ1n) is 18.2. The van der Waals surface area contributed by atoms with Crippen LogP contribution in [0.1, 0.15) is 38.9 Å². The molecule has 0 saturated heterocycles. The standard InChI is InChI=1S/2C21H21P.C7H4F3.ClH.Ni/c2*1-16-4-10-19(11-5-16)22(20-12-6-17(2)7-13-20)21-14-8-18(3)9-15-21;8-7(9,10)6-4-2-1-3-5-6;;/h2*4-15H,1-3H3;2-5H;1H;/q;;;;+1/p-1. The number of hydrogen-bond donors (Lipinski definition) is 0. The molecule has 0 aliphatic rings. The second-order valence-corrected chi connectivity index (χ2v) is 19.4. The molecule has 0 atom stereocenters. The quantitative estimate of drug-likeness (QED) is 0.111. The first kappa shape index (κ1) is 43.1. The van der Waals surface area contributed by atoms with Gasteiger partial charge < -0.3 is 0 Å². The van der Waals surface area contributed by atoms with Gasteiger partial charge in [0, 0.05) is 0 Å². The molecule has 56 heavy (non-hydrogen) atoms. The van der Waals surface area contributed by atoms with Crippen LogP contribution in [0.4, 0.5) is 13.2 Å². The van der Waals surface area contributed by atoms with E-state index in [1.807, 2.05) is 0 Å². The average molecular weight is 848 g/mol. The van der Waals surface area contributed by atoms with E-state index in [4.69, 9.17) is 10.2 Å². The van der Waals surface area contributed by atoms with Crippen molar-refractivity contribution in [2.75, 3.05) is 0 Å². The van der Waals surface area contributed by atoms with Crippen molar-refractivity contribution in [3.63, 3.8) is 0 Å². The van der Waals surface area contributed by atoms with Crippen LogP contribution in [0.5, 0.6) is 0 Å². The van der Waals surface area contributed by atoms with E-state index in [1.165, 1.54) is 77.3 Å². The summed E-state index contributed by atoms with van der Waals surface area (Å²) in [5, 5.41) is 8.46. The van der Waals surface area contributed by atoms with Gasteiger partial charge >= 0.3 is 77.5 Å². The molecule has 0 unspecified atom stereocenters. The van der Waals surface area contributed by atoms with Gasteiger partial charge in [0.15, 0.2) is 0 Å². The molecular weight excluding hydrogens is 802 g/mol. The van der Waals surface area contributed by atoms with E-state index >= 15 is 0 Å². The van der Waals surface area contributed by atoms with Crippen LogP contribution in [0.15, 0.2) is 170 Å². The first-order valence-corrected chi connectivity index (χ1v) is 22.7. The number of alkyl halides is 3. The fraction of sp³-hybridized carbons (Fsp3) is 0.143. The zero-order chi connectivity index (χ0) is 40.2. The molecule has 0 N–H and O–H groups in total. The number of rotatable bonds is 7. The fourth-order valence-electron chi connectivity index (χ4n) is 5.73. The van der Waals surface area contributed by atoms with Gasteiger partial charge in [0.2, 0.25) is 0 Å². The van der Waals surface area contributed by atoms with Crippen molar-refractivity contribution in [2.45, 2.75) is 47.7 Å². The predicted octanol–water partition coefficient (Wildman–Crippen LogP) is 11.3. The zero-order valence-corrected chi connectivity index (χ0v) is 35.9. The molecule has 7 rings (SSSR count). The van der Waals surface area contributed by atoms with Gasteiger partial charge in [0.25, 0.3) is 0 Å². The van der Waals surface area contributed by atoms with Crippen LogP contribution in [-0.4, -0.2) is 0 Å². The summed E-state index contributed by atoms with van der Waals surface area (Å²) < 4.78 is 36.6. The zero-order valence-electron chi connectivity index (χ0n) is 32.4. The Labute approximate surface area is 343 Å². The molecule has 0 aromatic heterocycles. The van der Waals surface area contributed by atoms with Crippen molar-refractivity contribution in [3.05, 3.63) is 209 Å². The van der Waals surface area contributed by atoms with E-state index in [1.54, 1.807) is 0 Å². The molecule has 290 valence electrons. The molecule has 0 radical (unpaired) electrons. The number of aryl methyl sites for hydroxylation is 6. The Morgan fingerprint density at radius 1 is 0.339 bits per heavy atom. The summed E-state index contributed by atoms with van der Waals surface area (Å²) in [5.74, 6) is 0. The topological polar surface area (TPSA) is 0 Å². The summed E-state index contributed by atoms with van der Waals surface area (Å²) in [6, 6.07) is 58.6. The van der Waals surface area contributed by atoms with Gasteiger partial charge in [-0.15, -0.1) is 0 Å². The van der Waals surface area contributed by atoms with Crippen LogP contribution in [0.25, 0.3) is 0 Å². The maximum absolute atomic E-state index is 12.0. The molecule has 0 nitrogen and oxygen atoms in total. The molecule has 0 heterocycles. The van der Waals surface area contributed by atoms with Gasteiger partial charge in [0.1, 0.15) is 0 Å². The Hall–Kier alpha value is -4.03. The van der Waals surface area contributed by atoms with Crippen molar-refractivity contribution < 1.29 is 26.7 Å². The van der Waals surface area contributed by atoms with Crippen molar-refractivity contribution in [1.29, 1.82) is 0 Å². The van der Waals surface area contributed by atoms with Gasteiger partial charge in [-0.2, -0.15) is 0 Å². The maximum atomic E-state index is 12.0. The van der Waals surface area contributed by atoms with E-state index in [-0.39, 0.29) is 0 Å². The Kier molecular flexibility index (Phi) is 15.7.